The molecule has 12 heteroatoms. The summed E-state index contributed by atoms with van der Waals surface area (Å²) in [5.74, 6) is -3.09. The Balaban J connectivity index is 2.65. The van der Waals surface area contributed by atoms with Gasteiger partial charge >= 0.3 is 23.9 Å². The third-order valence-corrected chi connectivity index (χ3v) is 14.5. The number of rotatable bonds is 54. The maximum absolute atomic E-state index is 13.2. The van der Waals surface area contributed by atoms with Crippen molar-refractivity contribution in [3.63, 3.8) is 0 Å². The molecular weight excluding hydrogens is 949 g/mol. The molecule has 12 nitrogen and oxygen atoms in total. The number of aliphatic carboxylic acids is 1. The molecule has 0 amide bonds. The number of aliphatic hydroxyl groups excluding tert-OH is 2. The van der Waals surface area contributed by atoms with Crippen molar-refractivity contribution >= 4 is 23.9 Å². The molecule has 0 spiro atoms. The Morgan fingerprint density at radius 2 is 0.800 bits per heavy atom. The van der Waals surface area contributed by atoms with Gasteiger partial charge in [-0.05, 0) is 51.4 Å². The molecule has 0 aromatic heterocycles. The van der Waals surface area contributed by atoms with E-state index in [1.54, 1.807) is 0 Å². The lowest BCUT2D eigenvalue weighted by Crippen LogP contribution is -2.61. The lowest BCUT2D eigenvalue weighted by Gasteiger charge is -2.40. The second-order valence-electron chi connectivity index (χ2n) is 21.7. The predicted octanol–water partition coefficient (Wildman–Crippen LogP) is 16.2. The van der Waals surface area contributed by atoms with Gasteiger partial charge < -0.3 is 39.0 Å². The second-order valence-corrected chi connectivity index (χ2v) is 21.7. The quantitative estimate of drug-likeness (QED) is 0.0228. The van der Waals surface area contributed by atoms with Crippen LogP contribution in [0.25, 0.3) is 0 Å². The van der Waals surface area contributed by atoms with Gasteiger partial charge in [0.25, 0.3) is 0 Å². The van der Waals surface area contributed by atoms with E-state index >= 15 is 0 Å². The first-order chi connectivity index (χ1) is 36.6. The van der Waals surface area contributed by atoms with E-state index in [1.807, 2.05) is 0 Å². The Morgan fingerprint density at radius 1 is 0.440 bits per heavy atom. The third-order valence-electron chi connectivity index (χ3n) is 14.5. The van der Waals surface area contributed by atoms with E-state index in [0.717, 1.165) is 83.5 Å². The van der Waals surface area contributed by atoms with Gasteiger partial charge in [0, 0.05) is 19.3 Å². The largest absolute Gasteiger partial charge is 0.479 e. The fourth-order valence-electron chi connectivity index (χ4n) is 9.69. The molecule has 0 saturated carbocycles. The van der Waals surface area contributed by atoms with E-state index in [0.29, 0.717) is 19.3 Å². The van der Waals surface area contributed by atoms with Gasteiger partial charge in [-0.3, -0.25) is 14.4 Å². The molecule has 0 aromatic rings. The molecule has 0 aromatic carbocycles. The van der Waals surface area contributed by atoms with Crippen LogP contribution in [-0.4, -0.2) is 89.2 Å². The minimum atomic E-state index is -1.90. The van der Waals surface area contributed by atoms with Crippen molar-refractivity contribution in [1.29, 1.82) is 0 Å². The molecule has 75 heavy (non-hydrogen) atoms. The minimum Gasteiger partial charge on any atom is -0.479 e. The van der Waals surface area contributed by atoms with E-state index in [4.69, 9.17) is 23.7 Å². The summed E-state index contributed by atoms with van der Waals surface area (Å²) in [4.78, 5) is 51.2. The standard InChI is InChI=1S/C63H114O12/c1-4-7-10-13-16-19-22-24-26-28-30-32-35-37-40-43-46-49-55(64)71-52-54(73-56(65)50-47-44-41-39-36-33-31-29-27-25-23-20-17-14-11-8-5-2)53-72-63-61(59(68)58(67)60(75-63)62(69)70)74-57(66)51-48-45-42-38-34-21-18-15-12-9-6-3/h16,19,24,26,54,58-61,63,67-68H,4-15,17-18,20-23,25,27-53H2,1-3H3,(H,69,70)/b19-16-,26-24-. The summed E-state index contributed by atoms with van der Waals surface area (Å²) in [6.07, 6.45) is 47.2. The minimum absolute atomic E-state index is 0.0660. The SMILES string of the molecule is CCCCC/C=C\C/C=C\CCCCCCCCCC(=O)OCC(COC1OC(C(=O)O)C(O)C(O)C1OC(=O)CCCCCCCCCCCCC)OC(=O)CCCCCCCCCCCCCCCCCCC. The van der Waals surface area contributed by atoms with Crippen molar-refractivity contribution in [2.24, 2.45) is 0 Å². The summed E-state index contributed by atoms with van der Waals surface area (Å²) in [6, 6.07) is 0. The first kappa shape index (κ1) is 70.2. The van der Waals surface area contributed by atoms with Crippen molar-refractivity contribution in [2.45, 2.75) is 340 Å². The van der Waals surface area contributed by atoms with Gasteiger partial charge in [0.2, 0.25) is 0 Å². The van der Waals surface area contributed by atoms with Gasteiger partial charge in [-0.1, -0.05) is 257 Å². The van der Waals surface area contributed by atoms with Crippen LogP contribution in [0.5, 0.6) is 0 Å². The van der Waals surface area contributed by atoms with Gasteiger partial charge in [-0.25, -0.2) is 4.79 Å². The van der Waals surface area contributed by atoms with Crippen LogP contribution >= 0.6 is 0 Å². The number of aliphatic hydroxyl groups is 2. The molecule has 1 heterocycles. The Labute approximate surface area is 458 Å². The van der Waals surface area contributed by atoms with E-state index in [1.165, 1.54) is 161 Å². The smallest absolute Gasteiger partial charge is 0.335 e. The number of ether oxygens (including phenoxy) is 5. The van der Waals surface area contributed by atoms with Crippen molar-refractivity contribution in [2.75, 3.05) is 13.2 Å². The number of carbonyl (C=O) groups excluding carboxylic acids is 3. The summed E-state index contributed by atoms with van der Waals surface area (Å²) in [5.41, 5.74) is 0. The van der Waals surface area contributed by atoms with Gasteiger partial charge in [0.05, 0.1) is 6.61 Å². The molecule has 3 N–H and O–H groups in total. The second kappa shape index (κ2) is 51.9. The summed E-state index contributed by atoms with van der Waals surface area (Å²) in [5, 5.41) is 31.5. The normalized spacial score (nSPS) is 18.2. The molecule has 438 valence electrons. The van der Waals surface area contributed by atoms with Crippen LogP contribution in [-0.2, 0) is 42.9 Å². The molecular formula is C63H114O12. The molecule has 0 aliphatic carbocycles. The number of carboxylic acid groups (broad SMARTS) is 1. The van der Waals surface area contributed by atoms with Crippen LogP contribution in [0.4, 0.5) is 0 Å². The number of esters is 3. The average molecular weight is 1060 g/mol. The van der Waals surface area contributed by atoms with Gasteiger partial charge in [0.1, 0.15) is 18.8 Å². The molecule has 1 saturated heterocycles. The number of allylic oxidation sites excluding steroid dienone is 4. The first-order valence-corrected chi connectivity index (χ1v) is 31.3. The predicted molar refractivity (Wildman–Crippen MR) is 303 cm³/mol. The molecule has 6 atom stereocenters. The van der Waals surface area contributed by atoms with Crippen molar-refractivity contribution in [1.82, 2.24) is 0 Å². The number of carboxylic acids is 1. The Bertz CT molecular complexity index is 1400. The molecule has 1 aliphatic heterocycles. The van der Waals surface area contributed by atoms with Crippen LogP contribution in [0.3, 0.4) is 0 Å². The summed E-state index contributed by atoms with van der Waals surface area (Å²) < 4.78 is 28.5. The van der Waals surface area contributed by atoms with Crippen LogP contribution < -0.4 is 0 Å². The van der Waals surface area contributed by atoms with Crippen molar-refractivity contribution in [3.8, 4) is 0 Å². The highest BCUT2D eigenvalue weighted by Crippen LogP contribution is 2.27. The zero-order valence-electron chi connectivity index (χ0n) is 48.3. The fraction of sp³-hybridized carbons (Fsp3) is 0.873. The van der Waals surface area contributed by atoms with E-state index in [9.17, 15) is 34.5 Å². The van der Waals surface area contributed by atoms with Crippen molar-refractivity contribution in [3.05, 3.63) is 24.3 Å². The van der Waals surface area contributed by atoms with Crippen LogP contribution in [0, 0.1) is 0 Å². The van der Waals surface area contributed by atoms with Crippen molar-refractivity contribution < 1.29 is 58.2 Å². The summed E-state index contributed by atoms with van der Waals surface area (Å²) in [6.45, 7) is 5.99. The highest BCUT2D eigenvalue weighted by molar-refractivity contribution is 5.74. The van der Waals surface area contributed by atoms with E-state index in [-0.39, 0.29) is 25.9 Å². The van der Waals surface area contributed by atoms with Gasteiger partial charge in [0.15, 0.2) is 24.6 Å². The summed E-state index contributed by atoms with van der Waals surface area (Å²) >= 11 is 0. The van der Waals surface area contributed by atoms with Crippen LogP contribution in [0.15, 0.2) is 24.3 Å². The molecule has 1 fully saturated rings. The number of carbonyl (C=O) groups is 4. The molecule has 6 unspecified atom stereocenters. The van der Waals surface area contributed by atoms with Gasteiger partial charge in [-0.2, -0.15) is 0 Å². The highest BCUT2D eigenvalue weighted by Gasteiger charge is 2.50. The Kier molecular flexibility index (Phi) is 48.6. The maximum Gasteiger partial charge on any atom is 0.335 e. The lowest BCUT2D eigenvalue weighted by molar-refractivity contribution is -0.301. The van der Waals surface area contributed by atoms with Crippen LogP contribution in [0.1, 0.15) is 303 Å². The van der Waals surface area contributed by atoms with E-state index < -0.39 is 67.3 Å². The fourth-order valence-corrected chi connectivity index (χ4v) is 9.69. The average Bonchev–Trinajstić information content (AvgIpc) is 3.39. The van der Waals surface area contributed by atoms with Crippen LogP contribution in [0.2, 0.25) is 0 Å². The number of hydrogen-bond acceptors (Lipinski definition) is 11. The Hall–Kier alpha value is -2.80. The topological polar surface area (TPSA) is 175 Å². The zero-order chi connectivity index (χ0) is 54.7. The Morgan fingerprint density at radius 3 is 1.23 bits per heavy atom. The maximum atomic E-state index is 13.2. The lowest BCUT2D eigenvalue weighted by atomic mass is 9.98. The molecule has 1 aliphatic rings. The third kappa shape index (κ3) is 41.9. The van der Waals surface area contributed by atoms with Gasteiger partial charge in [-0.15, -0.1) is 0 Å². The van der Waals surface area contributed by atoms with E-state index in [2.05, 4.69) is 45.1 Å². The zero-order valence-corrected chi connectivity index (χ0v) is 48.3. The first-order valence-electron chi connectivity index (χ1n) is 31.3. The molecule has 0 radical (unpaired) electrons. The molecule has 0 bridgehead atoms. The molecule has 1 rings (SSSR count). The number of hydrogen-bond donors (Lipinski definition) is 3. The number of unbranched alkanes of at least 4 members (excludes halogenated alkanes) is 36. The highest BCUT2D eigenvalue weighted by atomic mass is 16.7. The summed E-state index contributed by atoms with van der Waals surface area (Å²) in [7, 11) is 0. The monoisotopic (exact) mass is 1060 g/mol.